The number of amides is 1. The van der Waals surface area contributed by atoms with E-state index in [1.54, 1.807) is 12.1 Å². The Balaban J connectivity index is 1.43. The number of halogens is 1. The summed E-state index contributed by atoms with van der Waals surface area (Å²) in [7, 11) is 0. The molecule has 2 fully saturated rings. The van der Waals surface area contributed by atoms with Crippen molar-refractivity contribution in [2.24, 2.45) is 5.92 Å². The molecule has 2 atom stereocenters. The summed E-state index contributed by atoms with van der Waals surface area (Å²) in [6, 6.07) is 6.00. The van der Waals surface area contributed by atoms with Crippen LogP contribution in [0, 0.1) is 11.7 Å². The van der Waals surface area contributed by atoms with Crippen LogP contribution in [0.25, 0.3) is 0 Å². The second-order valence-corrected chi connectivity index (χ2v) is 6.21. The molecule has 0 radical (unpaired) electrons. The smallest absolute Gasteiger partial charge is 0.225 e. The summed E-state index contributed by atoms with van der Waals surface area (Å²) in [6.45, 7) is 3.67. The van der Waals surface area contributed by atoms with Crippen LogP contribution >= 0.6 is 0 Å². The maximum Gasteiger partial charge on any atom is 0.225 e. The summed E-state index contributed by atoms with van der Waals surface area (Å²) < 4.78 is 18.9. The molecule has 2 aliphatic rings. The van der Waals surface area contributed by atoms with Gasteiger partial charge in [0.15, 0.2) is 0 Å². The van der Waals surface area contributed by atoms with Gasteiger partial charge in [-0.05, 0) is 43.4 Å². The van der Waals surface area contributed by atoms with E-state index in [4.69, 9.17) is 4.74 Å². The Bertz CT molecular complexity index is 523. The van der Waals surface area contributed by atoms with Crippen LogP contribution in [-0.4, -0.2) is 43.2 Å². The first kappa shape index (κ1) is 15.4. The molecule has 120 valence electrons. The van der Waals surface area contributed by atoms with Crippen molar-refractivity contribution < 1.29 is 13.9 Å². The average molecular weight is 306 g/mol. The van der Waals surface area contributed by atoms with Crippen LogP contribution in [0.4, 0.5) is 10.1 Å². The van der Waals surface area contributed by atoms with E-state index >= 15 is 0 Å². The summed E-state index contributed by atoms with van der Waals surface area (Å²) in [6.07, 6.45) is 4.31. The lowest BCUT2D eigenvalue weighted by Gasteiger charge is -2.41. The SMILES string of the molecule is O=C(CCN1CC[C@H]2OCCC[C@H]2C1)Nc1cccc(F)c1. The number of rotatable bonds is 4. The highest BCUT2D eigenvalue weighted by atomic mass is 19.1. The van der Waals surface area contributed by atoms with Crippen molar-refractivity contribution in [3.05, 3.63) is 30.1 Å². The van der Waals surface area contributed by atoms with Gasteiger partial charge >= 0.3 is 0 Å². The van der Waals surface area contributed by atoms with Gasteiger partial charge in [-0.15, -0.1) is 0 Å². The third-order valence-corrected chi connectivity index (χ3v) is 4.56. The lowest BCUT2D eigenvalue weighted by Crippen LogP contribution is -2.46. The number of carbonyl (C=O) groups is 1. The van der Waals surface area contributed by atoms with E-state index in [2.05, 4.69) is 10.2 Å². The zero-order valence-electron chi connectivity index (χ0n) is 12.8. The van der Waals surface area contributed by atoms with E-state index in [9.17, 15) is 9.18 Å². The molecule has 0 aliphatic carbocycles. The maximum absolute atomic E-state index is 13.1. The van der Waals surface area contributed by atoms with Crippen LogP contribution in [0.1, 0.15) is 25.7 Å². The Morgan fingerprint density at radius 1 is 1.41 bits per heavy atom. The predicted molar refractivity (Wildman–Crippen MR) is 83.2 cm³/mol. The number of nitrogens with zero attached hydrogens (tertiary/aromatic N) is 1. The fourth-order valence-corrected chi connectivity index (χ4v) is 3.42. The van der Waals surface area contributed by atoms with E-state index in [-0.39, 0.29) is 11.7 Å². The van der Waals surface area contributed by atoms with Gasteiger partial charge in [0.2, 0.25) is 5.91 Å². The summed E-state index contributed by atoms with van der Waals surface area (Å²) >= 11 is 0. The van der Waals surface area contributed by atoms with Crippen molar-refractivity contribution in [1.82, 2.24) is 4.90 Å². The first-order valence-electron chi connectivity index (χ1n) is 8.10. The highest BCUT2D eigenvalue weighted by molar-refractivity contribution is 5.90. The first-order chi connectivity index (χ1) is 10.7. The lowest BCUT2D eigenvalue weighted by atomic mass is 9.88. The number of benzene rings is 1. The Morgan fingerprint density at radius 2 is 2.32 bits per heavy atom. The van der Waals surface area contributed by atoms with E-state index in [1.165, 1.54) is 18.6 Å². The molecule has 0 bridgehead atoms. The Hall–Kier alpha value is -1.46. The monoisotopic (exact) mass is 306 g/mol. The van der Waals surface area contributed by atoms with Crippen LogP contribution in [-0.2, 0) is 9.53 Å². The van der Waals surface area contributed by atoms with Gasteiger partial charge in [-0.25, -0.2) is 4.39 Å². The number of ether oxygens (including phenoxy) is 1. The number of piperidine rings is 1. The van der Waals surface area contributed by atoms with Gasteiger partial charge in [-0.3, -0.25) is 4.79 Å². The molecular formula is C17H23FN2O2. The van der Waals surface area contributed by atoms with E-state index in [1.807, 2.05) is 0 Å². The highest BCUT2D eigenvalue weighted by Gasteiger charge is 2.31. The number of likely N-dealkylation sites (tertiary alicyclic amines) is 1. The Labute approximate surface area is 130 Å². The molecule has 5 heteroatoms. The average Bonchev–Trinajstić information content (AvgIpc) is 2.53. The predicted octanol–water partition coefficient (Wildman–Crippen LogP) is 2.66. The minimum atomic E-state index is -0.336. The number of carbonyl (C=O) groups excluding carboxylic acids is 1. The second-order valence-electron chi connectivity index (χ2n) is 6.21. The highest BCUT2D eigenvalue weighted by Crippen LogP contribution is 2.28. The lowest BCUT2D eigenvalue weighted by molar-refractivity contribution is -0.117. The minimum Gasteiger partial charge on any atom is -0.378 e. The normalized spacial score (nSPS) is 25.5. The Kier molecular flexibility index (Phi) is 5.05. The molecule has 1 aromatic rings. The topological polar surface area (TPSA) is 41.6 Å². The van der Waals surface area contributed by atoms with Gasteiger partial charge in [-0.2, -0.15) is 0 Å². The van der Waals surface area contributed by atoms with Gasteiger partial charge in [0, 0.05) is 38.3 Å². The summed E-state index contributed by atoms with van der Waals surface area (Å²) in [5.41, 5.74) is 0.518. The van der Waals surface area contributed by atoms with Crippen LogP contribution in [0.5, 0.6) is 0 Å². The zero-order chi connectivity index (χ0) is 15.4. The molecule has 3 rings (SSSR count). The van der Waals surface area contributed by atoms with Crippen LogP contribution in [0.2, 0.25) is 0 Å². The Morgan fingerprint density at radius 3 is 3.18 bits per heavy atom. The van der Waals surface area contributed by atoms with Gasteiger partial charge < -0.3 is 15.0 Å². The fourth-order valence-electron chi connectivity index (χ4n) is 3.42. The quantitative estimate of drug-likeness (QED) is 0.930. The summed E-state index contributed by atoms with van der Waals surface area (Å²) in [5, 5.41) is 2.75. The van der Waals surface area contributed by atoms with E-state index in [0.29, 0.717) is 24.1 Å². The van der Waals surface area contributed by atoms with Crippen molar-refractivity contribution in [3.63, 3.8) is 0 Å². The molecule has 1 amide bonds. The van der Waals surface area contributed by atoms with Gasteiger partial charge in [0.25, 0.3) is 0 Å². The molecule has 2 heterocycles. The van der Waals surface area contributed by atoms with Crippen molar-refractivity contribution in [2.75, 3.05) is 31.6 Å². The number of nitrogens with one attached hydrogen (secondary N) is 1. The molecule has 22 heavy (non-hydrogen) atoms. The fraction of sp³-hybridized carbons (Fsp3) is 0.588. The number of hydrogen-bond donors (Lipinski definition) is 1. The number of anilines is 1. The van der Waals surface area contributed by atoms with Crippen molar-refractivity contribution in [2.45, 2.75) is 31.8 Å². The van der Waals surface area contributed by atoms with Gasteiger partial charge in [0.1, 0.15) is 5.82 Å². The standard InChI is InChI=1S/C17H23FN2O2/c18-14-4-1-5-15(11-14)19-17(21)7-9-20-8-6-16-13(12-20)3-2-10-22-16/h1,4-5,11,13,16H,2-3,6-10,12H2,(H,19,21)/t13-,16+/m0/s1. The van der Waals surface area contributed by atoms with Gasteiger partial charge in [0.05, 0.1) is 6.10 Å². The zero-order valence-corrected chi connectivity index (χ0v) is 12.8. The molecule has 0 spiro atoms. The van der Waals surface area contributed by atoms with Crippen molar-refractivity contribution in [1.29, 1.82) is 0 Å². The molecule has 0 saturated carbocycles. The third kappa shape index (κ3) is 4.05. The van der Waals surface area contributed by atoms with Gasteiger partial charge in [-0.1, -0.05) is 6.07 Å². The molecule has 0 unspecified atom stereocenters. The molecule has 0 aromatic heterocycles. The van der Waals surface area contributed by atoms with Crippen LogP contribution in [0.15, 0.2) is 24.3 Å². The minimum absolute atomic E-state index is 0.0624. The van der Waals surface area contributed by atoms with Crippen molar-refractivity contribution >= 4 is 11.6 Å². The molecule has 4 nitrogen and oxygen atoms in total. The molecular weight excluding hydrogens is 283 g/mol. The number of fused-ring (bicyclic) bond motifs is 1. The largest absolute Gasteiger partial charge is 0.378 e. The van der Waals surface area contributed by atoms with Crippen molar-refractivity contribution in [3.8, 4) is 0 Å². The van der Waals surface area contributed by atoms with Crippen LogP contribution < -0.4 is 5.32 Å². The molecule has 1 aromatic carbocycles. The molecule has 1 N–H and O–H groups in total. The summed E-state index contributed by atoms with van der Waals surface area (Å²) in [5.74, 6) is 0.221. The van der Waals surface area contributed by atoms with Crippen LogP contribution in [0.3, 0.4) is 0 Å². The first-order valence-corrected chi connectivity index (χ1v) is 8.10. The van der Waals surface area contributed by atoms with E-state index in [0.717, 1.165) is 39.1 Å². The molecule has 2 saturated heterocycles. The second kappa shape index (κ2) is 7.20. The van der Waals surface area contributed by atoms with E-state index < -0.39 is 0 Å². The number of hydrogen-bond acceptors (Lipinski definition) is 3. The maximum atomic E-state index is 13.1. The molecule has 2 aliphatic heterocycles. The third-order valence-electron chi connectivity index (χ3n) is 4.56. The summed E-state index contributed by atoms with van der Waals surface area (Å²) in [4.78, 5) is 14.3.